The molecule has 1 N–H and O–H groups in total. The molecule has 1 aromatic carbocycles. The zero-order valence-electron chi connectivity index (χ0n) is 10.4. The minimum absolute atomic E-state index is 0.0105. The standard InChI is InChI=1S/C15H16N2O/c1-11-7-9-17-10-8-13(14(11)17)15(18)16-12-5-3-2-4-6-12/h2-6,8,10-11H,7,9H2,1H3,(H,16,18). The minimum Gasteiger partial charge on any atom is -0.350 e. The maximum atomic E-state index is 12.3. The van der Waals surface area contributed by atoms with Gasteiger partial charge in [-0.15, -0.1) is 0 Å². The van der Waals surface area contributed by atoms with E-state index >= 15 is 0 Å². The van der Waals surface area contributed by atoms with Crippen molar-refractivity contribution >= 4 is 11.6 Å². The number of para-hydroxylation sites is 1. The molecule has 0 radical (unpaired) electrons. The average molecular weight is 240 g/mol. The van der Waals surface area contributed by atoms with Crippen molar-refractivity contribution < 1.29 is 4.79 Å². The summed E-state index contributed by atoms with van der Waals surface area (Å²) < 4.78 is 2.19. The van der Waals surface area contributed by atoms with E-state index in [0.29, 0.717) is 5.92 Å². The first kappa shape index (κ1) is 11.1. The first-order valence-corrected chi connectivity index (χ1v) is 6.31. The fourth-order valence-electron chi connectivity index (χ4n) is 2.61. The van der Waals surface area contributed by atoms with Crippen LogP contribution in [0.5, 0.6) is 0 Å². The van der Waals surface area contributed by atoms with Crippen molar-refractivity contribution in [2.24, 2.45) is 0 Å². The third-order valence-electron chi connectivity index (χ3n) is 3.55. The second kappa shape index (κ2) is 4.33. The smallest absolute Gasteiger partial charge is 0.257 e. The Kier molecular flexibility index (Phi) is 2.67. The first-order valence-electron chi connectivity index (χ1n) is 6.31. The van der Waals surface area contributed by atoms with E-state index in [9.17, 15) is 4.79 Å². The molecule has 92 valence electrons. The maximum Gasteiger partial charge on any atom is 0.257 e. The van der Waals surface area contributed by atoms with Gasteiger partial charge in [0.15, 0.2) is 0 Å². The fourth-order valence-corrected chi connectivity index (χ4v) is 2.61. The molecular formula is C15H16N2O. The molecule has 2 aromatic rings. The third kappa shape index (κ3) is 1.82. The highest BCUT2D eigenvalue weighted by molar-refractivity contribution is 6.05. The number of carbonyl (C=O) groups is 1. The van der Waals surface area contributed by atoms with Crippen molar-refractivity contribution in [1.82, 2.24) is 4.57 Å². The van der Waals surface area contributed by atoms with Crippen molar-refractivity contribution in [3.05, 3.63) is 53.9 Å². The number of anilines is 1. The van der Waals surface area contributed by atoms with Gasteiger partial charge in [-0.25, -0.2) is 0 Å². The van der Waals surface area contributed by atoms with E-state index in [1.807, 2.05) is 42.6 Å². The zero-order chi connectivity index (χ0) is 12.5. The normalized spacial score (nSPS) is 17.5. The van der Waals surface area contributed by atoms with Gasteiger partial charge in [0.05, 0.1) is 5.56 Å². The molecule has 0 spiro atoms. The third-order valence-corrected chi connectivity index (χ3v) is 3.55. The molecule has 0 fully saturated rings. The minimum atomic E-state index is -0.0105. The summed E-state index contributed by atoms with van der Waals surface area (Å²) >= 11 is 0. The Bertz CT molecular complexity index is 571. The van der Waals surface area contributed by atoms with Gasteiger partial charge in [0, 0.05) is 24.1 Å². The molecule has 0 saturated heterocycles. The van der Waals surface area contributed by atoms with Crippen LogP contribution in [0.3, 0.4) is 0 Å². The molecular weight excluding hydrogens is 224 g/mol. The van der Waals surface area contributed by atoms with Gasteiger partial charge in [-0.1, -0.05) is 25.1 Å². The number of carbonyl (C=O) groups excluding carboxylic acids is 1. The number of aryl methyl sites for hydroxylation is 1. The molecule has 1 amide bonds. The summed E-state index contributed by atoms with van der Waals surface area (Å²) in [7, 11) is 0. The Labute approximate surface area is 106 Å². The lowest BCUT2D eigenvalue weighted by molar-refractivity contribution is 0.102. The Morgan fingerprint density at radius 2 is 2.06 bits per heavy atom. The number of aromatic nitrogens is 1. The quantitative estimate of drug-likeness (QED) is 0.859. The van der Waals surface area contributed by atoms with E-state index in [2.05, 4.69) is 16.8 Å². The molecule has 3 heteroatoms. The number of rotatable bonds is 2. The molecule has 1 atom stereocenters. The summed E-state index contributed by atoms with van der Waals surface area (Å²) in [5.41, 5.74) is 2.82. The van der Waals surface area contributed by atoms with Crippen LogP contribution < -0.4 is 5.32 Å². The topological polar surface area (TPSA) is 34.0 Å². The summed E-state index contributed by atoms with van der Waals surface area (Å²) in [5.74, 6) is 0.459. The summed E-state index contributed by atoms with van der Waals surface area (Å²) in [6.07, 6.45) is 3.14. The van der Waals surface area contributed by atoms with Crippen LogP contribution in [0.1, 0.15) is 35.3 Å². The van der Waals surface area contributed by atoms with Crippen LogP contribution in [0.15, 0.2) is 42.6 Å². The number of hydrogen-bond donors (Lipinski definition) is 1. The van der Waals surface area contributed by atoms with Crippen LogP contribution >= 0.6 is 0 Å². The van der Waals surface area contributed by atoms with Gasteiger partial charge < -0.3 is 9.88 Å². The molecule has 1 unspecified atom stereocenters. The number of nitrogens with zero attached hydrogens (tertiary/aromatic N) is 1. The number of hydrogen-bond acceptors (Lipinski definition) is 1. The molecule has 1 aliphatic rings. The Hall–Kier alpha value is -2.03. The fraction of sp³-hybridized carbons (Fsp3) is 0.267. The summed E-state index contributed by atoms with van der Waals surface area (Å²) in [5, 5.41) is 2.94. The van der Waals surface area contributed by atoms with Gasteiger partial charge in [-0.2, -0.15) is 0 Å². The second-order valence-corrected chi connectivity index (χ2v) is 4.82. The van der Waals surface area contributed by atoms with Crippen molar-refractivity contribution in [2.45, 2.75) is 25.8 Å². The molecule has 3 nitrogen and oxygen atoms in total. The van der Waals surface area contributed by atoms with Crippen molar-refractivity contribution in [3.8, 4) is 0 Å². The van der Waals surface area contributed by atoms with Crippen LogP contribution in [-0.4, -0.2) is 10.5 Å². The highest BCUT2D eigenvalue weighted by Crippen LogP contribution is 2.31. The summed E-state index contributed by atoms with van der Waals surface area (Å²) in [6, 6.07) is 11.5. The Morgan fingerprint density at radius 3 is 2.83 bits per heavy atom. The van der Waals surface area contributed by atoms with Crippen LogP contribution in [0.25, 0.3) is 0 Å². The van der Waals surface area contributed by atoms with Crippen molar-refractivity contribution in [2.75, 3.05) is 5.32 Å². The maximum absolute atomic E-state index is 12.3. The molecule has 0 aliphatic carbocycles. The lowest BCUT2D eigenvalue weighted by Gasteiger charge is -2.08. The lowest BCUT2D eigenvalue weighted by atomic mass is 10.0. The zero-order valence-corrected chi connectivity index (χ0v) is 10.4. The predicted octanol–water partition coefficient (Wildman–Crippen LogP) is 3.25. The molecule has 3 rings (SSSR count). The van der Waals surface area contributed by atoms with Crippen molar-refractivity contribution in [1.29, 1.82) is 0 Å². The Balaban J connectivity index is 1.86. The molecule has 18 heavy (non-hydrogen) atoms. The van der Waals surface area contributed by atoms with Gasteiger partial charge in [-0.05, 0) is 30.5 Å². The number of amides is 1. The Morgan fingerprint density at radius 1 is 1.28 bits per heavy atom. The molecule has 0 bridgehead atoms. The molecule has 1 aliphatic heterocycles. The van der Waals surface area contributed by atoms with E-state index in [4.69, 9.17) is 0 Å². The summed E-state index contributed by atoms with van der Waals surface area (Å²) in [6.45, 7) is 3.20. The largest absolute Gasteiger partial charge is 0.350 e. The number of nitrogens with one attached hydrogen (secondary N) is 1. The van der Waals surface area contributed by atoms with Gasteiger partial charge in [-0.3, -0.25) is 4.79 Å². The van der Waals surface area contributed by atoms with Gasteiger partial charge in [0.25, 0.3) is 5.91 Å². The monoisotopic (exact) mass is 240 g/mol. The highest BCUT2D eigenvalue weighted by Gasteiger charge is 2.25. The van der Waals surface area contributed by atoms with Crippen LogP contribution in [0.4, 0.5) is 5.69 Å². The number of fused-ring (bicyclic) bond motifs is 1. The molecule has 0 saturated carbocycles. The molecule has 1 aromatic heterocycles. The number of benzene rings is 1. The molecule has 2 heterocycles. The van der Waals surface area contributed by atoms with Crippen LogP contribution in [0, 0.1) is 0 Å². The van der Waals surface area contributed by atoms with Gasteiger partial charge in [0.2, 0.25) is 0 Å². The van der Waals surface area contributed by atoms with Crippen molar-refractivity contribution in [3.63, 3.8) is 0 Å². The lowest BCUT2D eigenvalue weighted by Crippen LogP contribution is -2.13. The summed E-state index contributed by atoms with van der Waals surface area (Å²) in [4.78, 5) is 12.3. The van der Waals surface area contributed by atoms with Crippen LogP contribution in [-0.2, 0) is 6.54 Å². The van der Waals surface area contributed by atoms with E-state index < -0.39 is 0 Å². The van der Waals surface area contributed by atoms with Crippen LogP contribution in [0.2, 0.25) is 0 Å². The van der Waals surface area contributed by atoms with E-state index in [0.717, 1.165) is 24.2 Å². The van der Waals surface area contributed by atoms with E-state index in [-0.39, 0.29) is 5.91 Å². The van der Waals surface area contributed by atoms with Gasteiger partial charge >= 0.3 is 0 Å². The average Bonchev–Trinajstić information content (AvgIpc) is 2.94. The predicted molar refractivity (Wildman–Crippen MR) is 71.9 cm³/mol. The van der Waals surface area contributed by atoms with E-state index in [1.54, 1.807) is 0 Å². The van der Waals surface area contributed by atoms with Gasteiger partial charge in [0.1, 0.15) is 0 Å². The SMILES string of the molecule is CC1CCn2ccc(C(=O)Nc3ccccc3)c21. The highest BCUT2D eigenvalue weighted by atomic mass is 16.1. The first-order chi connectivity index (χ1) is 8.75. The van der Waals surface area contributed by atoms with E-state index in [1.165, 1.54) is 5.69 Å². The second-order valence-electron chi connectivity index (χ2n) is 4.82.